The van der Waals surface area contributed by atoms with Gasteiger partial charge in [-0.05, 0) is 36.4 Å². The smallest absolute Gasteiger partial charge is 0.276 e. The van der Waals surface area contributed by atoms with Crippen LogP contribution in [0, 0.1) is 0 Å². The summed E-state index contributed by atoms with van der Waals surface area (Å²) >= 11 is 6.00. The van der Waals surface area contributed by atoms with Gasteiger partial charge in [0, 0.05) is 11.1 Å². The fraction of sp³-hybridized carbons (Fsp3) is 0. The number of aromatic nitrogens is 2. The van der Waals surface area contributed by atoms with E-state index >= 15 is 0 Å². The van der Waals surface area contributed by atoms with E-state index in [1.54, 1.807) is 30.3 Å². The van der Waals surface area contributed by atoms with Gasteiger partial charge in [0.05, 0.1) is 5.69 Å². The highest BCUT2D eigenvalue weighted by Crippen LogP contribution is 2.32. The zero-order valence-corrected chi connectivity index (χ0v) is 13.1. The van der Waals surface area contributed by atoms with Crippen LogP contribution in [0.5, 0.6) is 11.5 Å². The predicted molar refractivity (Wildman–Crippen MR) is 90.8 cm³/mol. The van der Waals surface area contributed by atoms with Crippen LogP contribution >= 0.6 is 11.6 Å². The second-order valence-electron chi connectivity index (χ2n) is 4.82. The number of halogens is 1. The first kappa shape index (κ1) is 15.8. The molecule has 3 aromatic rings. The lowest BCUT2D eigenvalue weighted by Crippen LogP contribution is -2.17. The van der Waals surface area contributed by atoms with Crippen LogP contribution in [0.4, 0.5) is 5.69 Å². The Labute approximate surface area is 142 Å². The number of hydrogen-bond acceptors (Lipinski definition) is 4. The minimum atomic E-state index is -0.494. The van der Waals surface area contributed by atoms with Crippen LogP contribution in [0.25, 0.3) is 0 Å². The number of hydrogen-bond donors (Lipinski definition) is 2. The van der Waals surface area contributed by atoms with Gasteiger partial charge in [0.2, 0.25) is 0 Å². The molecule has 2 aromatic carbocycles. The largest absolute Gasteiger partial charge is 0.455 e. The maximum Gasteiger partial charge on any atom is 0.276 e. The van der Waals surface area contributed by atoms with Gasteiger partial charge in [0.25, 0.3) is 11.5 Å². The van der Waals surface area contributed by atoms with E-state index in [1.165, 1.54) is 12.1 Å². The highest BCUT2D eigenvalue weighted by atomic mass is 35.5. The maximum atomic E-state index is 12.2. The maximum absolute atomic E-state index is 12.2. The Kier molecular flexibility index (Phi) is 4.58. The second-order valence-corrected chi connectivity index (χ2v) is 5.25. The first-order valence-electron chi connectivity index (χ1n) is 7.01. The van der Waals surface area contributed by atoms with Gasteiger partial charge in [-0.1, -0.05) is 29.8 Å². The molecule has 0 aliphatic heterocycles. The van der Waals surface area contributed by atoms with Crippen LogP contribution < -0.4 is 15.6 Å². The first-order valence-corrected chi connectivity index (χ1v) is 7.39. The number of benzene rings is 2. The molecule has 0 spiro atoms. The minimum absolute atomic E-state index is 0.0697. The SMILES string of the molecule is O=C(Nc1cc(Cl)ccc1Oc1ccccc1)c1ccc(=O)[nH]n1. The number of aromatic amines is 1. The molecule has 0 radical (unpaired) electrons. The second kappa shape index (κ2) is 6.97. The molecule has 1 aromatic heterocycles. The molecule has 0 saturated carbocycles. The minimum Gasteiger partial charge on any atom is -0.455 e. The number of carbonyl (C=O) groups excluding carboxylic acids is 1. The first-order chi connectivity index (χ1) is 11.6. The molecule has 120 valence electrons. The number of rotatable bonds is 4. The summed E-state index contributed by atoms with van der Waals surface area (Å²) in [4.78, 5) is 23.3. The van der Waals surface area contributed by atoms with Crippen LogP contribution in [0.3, 0.4) is 0 Å². The zero-order chi connectivity index (χ0) is 16.9. The van der Waals surface area contributed by atoms with Crippen molar-refractivity contribution in [2.75, 3.05) is 5.32 Å². The summed E-state index contributed by atoms with van der Waals surface area (Å²) in [6.07, 6.45) is 0. The lowest BCUT2D eigenvalue weighted by molar-refractivity contribution is 0.102. The van der Waals surface area contributed by atoms with Crippen molar-refractivity contribution in [2.45, 2.75) is 0 Å². The van der Waals surface area contributed by atoms with E-state index in [0.717, 1.165) is 0 Å². The summed E-state index contributed by atoms with van der Waals surface area (Å²) in [6, 6.07) is 16.6. The van der Waals surface area contributed by atoms with E-state index < -0.39 is 5.91 Å². The molecular formula is C17H12ClN3O3. The Morgan fingerprint density at radius 2 is 1.88 bits per heavy atom. The van der Waals surface area contributed by atoms with Crippen molar-refractivity contribution in [3.63, 3.8) is 0 Å². The Hall–Kier alpha value is -3.12. The molecule has 0 bridgehead atoms. The summed E-state index contributed by atoms with van der Waals surface area (Å²) in [6.45, 7) is 0. The highest BCUT2D eigenvalue weighted by Gasteiger charge is 2.13. The van der Waals surface area contributed by atoms with E-state index in [1.807, 2.05) is 18.2 Å². The van der Waals surface area contributed by atoms with E-state index in [-0.39, 0.29) is 11.3 Å². The van der Waals surface area contributed by atoms with E-state index in [9.17, 15) is 9.59 Å². The summed E-state index contributed by atoms with van der Waals surface area (Å²) in [5, 5.41) is 9.01. The van der Waals surface area contributed by atoms with Crippen LogP contribution in [0.15, 0.2) is 65.5 Å². The lowest BCUT2D eigenvalue weighted by atomic mass is 10.2. The van der Waals surface area contributed by atoms with E-state index in [0.29, 0.717) is 22.2 Å². The molecule has 0 saturated heterocycles. The zero-order valence-electron chi connectivity index (χ0n) is 12.3. The number of H-pyrrole nitrogens is 1. The fourth-order valence-corrected chi connectivity index (χ4v) is 2.13. The molecule has 24 heavy (non-hydrogen) atoms. The monoisotopic (exact) mass is 341 g/mol. The molecule has 0 unspecified atom stereocenters. The van der Waals surface area contributed by atoms with E-state index in [4.69, 9.17) is 16.3 Å². The molecule has 1 amide bonds. The van der Waals surface area contributed by atoms with Gasteiger partial charge in [-0.3, -0.25) is 9.59 Å². The third-order valence-electron chi connectivity index (χ3n) is 3.07. The Bertz CT molecular complexity index is 905. The number of amides is 1. The van der Waals surface area contributed by atoms with Crippen LogP contribution in [0.2, 0.25) is 5.02 Å². The third kappa shape index (κ3) is 3.80. The number of anilines is 1. The Balaban J connectivity index is 1.86. The average molecular weight is 342 g/mol. The molecule has 1 heterocycles. The standard InChI is InChI=1S/C17H12ClN3O3/c18-11-6-8-15(24-12-4-2-1-3-5-12)14(10-11)19-17(23)13-7-9-16(22)21-20-13/h1-10H,(H,19,23)(H,21,22). The molecule has 0 aliphatic rings. The Morgan fingerprint density at radius 1 is 1.08 bits per heavy atom. The summed E-state index contributed by atoms with van der Waals surface area (Å²) < 4.78 is 5.77. The van der Waals surface area contributed by atoms with E-state index in [2.05, 4.69) is 15.5 Å². The molecule has 6 nitrogen and oxygen atoms in total. The van der Waals surface area contributed by atoms with Crippen molar-refractivity contribution in [1.82, 2.24) is 10.2 Å². The van der Waals surface area contributed by atoms with Gasteiger partial charge in [-0.2, -0.15) is 5.10 Å². The molecule has 0 aliphatic carbocycles. The normalized spacial score (nSPS) is 10.2. The van der Waals surface area contributed by atoms with Gasteiger partial charge >= 0.3 is 0 Å². The number of para-hydroxylation sites is 1. The van der Waals surface area contributed by atoms with Crippen LogP contribution in [-0.2, 0) is 0 Å². The van der Waals surface area contributed by atoms with Crippen molar-refractivity contribution < 1.29 is 9.53 Å². The molecule has 3 rings (SSSR count). The van der Waals surface area contributed by atoms with Gasteiger partial charge in [-0.25, -0.2) is 5.10 Å². The number of ether oxygens (including phenoxy) is 1. The van der Waals surface area contributed by atoms with Crippen LogP contribution in [-0.4, -0.2) is 16.1 Å². The van der Waals surface area contributed by atoms with Crippen molar-refractivity contribution in [2.24, 2.45) is 0 Å². The molecule has 0 atom stereocenters. The van der Waals surface area contributed by atoms with Crippen molar-refractivity contribution >= 4 is 23.2 Å². The quantitative estimate of drug-likeness (QED) is 0.761. The van der Waals surface area contributed by atoms with Gasteiger partial charge < -0.3 is 10.1 Å². The van der Waals surface area contributed by atoms with Gasteiger partial charge in [0.15, 0.2) is 5.75 Å². The predicted octanol–water partition coefficient (Wildman–Crippen LogP) is 3.47. The topological polar surface area (TPSA) is 84.1 Å². The number of nitrogens with zero attached hydrogens (tertiary/aromatic N) is 1. The summed E-state index contributed by atoms with van der Waals surface area (Å²) in [7, 11) is 0. The molecular weight excluding hydrogens is 330 g/mol. The van der Waals surface area contributed by atoms with Crippen LogP contribution in [0.1, 0.15) is 10.5 Å². The van der Waals surface area contributed by atoms with Crippen molar-refractivity contribution in [1.29, 1.82) is 0 Å². The summed E-state index contributed by atoms with van der Waals surface area (Å²) in [5.74, 6) is 0.562. The number of nitrogens with one attached hydrogen (secondary N) is 2. The lowest BCUT2D eigenvalue weighted by Gasteiger charge is -2.12. The molecule has 2 N–H and O–H groups in total. The van der Waals surface area contributed by atoms with Gasteiger partial charge in [-0.15, -0.1) is 0 Å². The molecule has 7 heteroatoms. The number of carbonyl (C=O) groups is 1. The van der Waals surface area contributed by atoms with Gasteiger partial charge in [0.1, 0.15) is 11.4 Å². The highest BCUT2D eigenvalue weighted by molar-refractivity contribution is 6.31. The Morgan fingerprint density at radius 3 is 2.58 bits per heavy atom. The van der Waals surface area contributed by atoms with Crippen molar-refractivity contribution in [3.05, 3.63) is 81.7 Å². The average Bonchev–Trinajstić information content (AvgIpc) is 2.59. The fourth-order valence-electron chi connectivity index (χ4n) is 1.96. The molecule has 0 fully saturated rings. The van der Waals surface area contributed by atoms with Crippen molar-refractivity contribution in [3.8, 4) is 11.5 Å². The third-order valence-corrected chi connectivity index (χ3v) is 3.31. The summed E-state index contributed by atoms with van der Waals surface area (Å²) in [5.41, 5.74) is 0.0759.